The van der Waals surface area contributed by atoms with Crippen molar-refractivity contribution in [3.8, 4) is 5.75 Å². The molecule has 1 unspecified atom stereocenters. The van der Waals surface area contributed by atoms with Crippen molar-refractivity contribution in [1.29, 1.82) is 0 Å². The molecule has 1 heterocycles. The number of aryl methyl sites for hydroxylation is 1. The quantitative estimate of drug-likeness (QED) is 0.476. The van der Waals surface area contributed by atoms with E-state index in [4.69, 9.17) is 22.2 Å². The van der Waals surface area contributed by atoms with E-state index in [0.29, 0.717) is 10.8 Å². The van der Waals surface area contributed by atoms with Gasteiger partial charge in [-0.05, 0) is 40.3 Å². The van der Waals surface area contributed by atoms with E-state index in [-0.39, 0.29) is 6.04 Å². The highest BCUT2D eigenvalue weighted by Crippen LogP contribution is 2.31. The number of nitrogens with zero attached hydrogens (tertiary/aromatic N) is 2. The number of nitrogens with one attached hydrogen (secondary N) is 1. The third kappa shape index (κ3) is 2.86. The Balaban J connectivity index is 2.49. The highest BCUT2D eigenvalue weighted by Gasteiger charge is 2.21. The van der Waals surface area contributed by atoms with Crippen LogP contribution in [0.3, 0.4) is 0 Å². The molecule has 2 aromatic rings. The smallest absolute Gasteiger partial charge is 0.161 e. The van der Waals surface area contributed by atoms with Crippen LogP contribution in [0, 0.1) is 3.57 Å². The van der Waals surface area contributed by atoms with Crippen molar-refractivity contribution in [3.63, 3.8) is 0 Å². The molecule has 5 nitrogen and oxygen atoms in total. The van der Waals surface area contributed by atoms with Crippen molar-refractivity contribution in [1.82, 2.24) is 15.2 Å². The Bertz CT molecular complexity index is 587. The summed E-state index contributed by atoms with van der Waals surface area (Å²) in [4.78, 5) is 0. The molecule has 0 amide bonds. The summed E-state index contributed by atoms with van der Waals surface area (Å²) in [5.41, 5.74) is 4.58. The fraction of sp³-hybridized carbons (Fsp3) is 0.250. The zero-order valence-corrected chi connectivity index (χ0v) is 13.4. The van der Waals surface area contributed by atoms with Crippen molar-refractivity contribution >= 4 is 34.2 Å². The van der Waals surface area contributed by atoms with Gasteiger partial charge in [-0.25, -0.2) is 5.43 Å². The molecule has 102 valence electrons. The summed E-state index contributed by atoms with van der Waals surface area (Å²) in [5.74, 6) is 6.37. The van der Waals surface area contributed by atoms with Crippen molar-refractivity contribution in [2.45, 2.75) is 6.04 Å². The van der Waals surface area contributed by atoms with E-state index in [0.717, 1.165) is 14.8 Å². The number of nitrogens with two attached hydrogens (primary N) is 1. The Labute approximate surface area is 130 Å². The maximum atomic E-state index is 6.16. The maximum absolute atomic E-state index is 6.16. The van der Waals surface area contributed by atoms with Crippen LogP contribution < -0.4 is 16.0 Å². The van der Waals surface area contributed by atoms with Crippen molar-refractivity contribution in [3.05, 3.63) is 44.2 Å². The fourth-order valence-corrected chi connectivity index (χ4v) is 2.46. The largest absolute Gasteiger partial charge is 0.493 e. The van der Waals surface area contributed by atoms with Gasteiger partial charge in [0.1, 0.15) is 5.69 Å². The Kier molecular flexibility index (Phi) is 4.67. The molecule has 0 aliphatic carbocycles. The average molecular weight is 393 g/mol. The summed E-state index contributed by atoms with van der Waals surface area (Å²) in [6.45, 7) is 0. The van der Waals surface area contributed by atoms with Gasteiger partial charge in [-0.1, -0.05) is 17.7 Å². The lowest BCUT2D eigenvalue weighted by molar-refractivity contribution is 0.401. The summed E-state index contributed by atoms with van der Waals surface area (Å²) in [7, 11) is 3.45. The third-order valence-electron chi connectivity index (χ3n) is 2.89. The standard InChI is InChI=1S/C12H14ClIN4O/c1-18-12(10(19-2)6-16-18)11(17-15)7-3-4-9(14)8(13)5-7/h3-6,11,17H,15H2,1-2H3. The van der Waals surface area contributed by atoms with Gasteiger partial charge in [-0.2, -0.15) is 5.10 Å². The molecular weight excluding hydrogens is 379 g/mol. The summed E-state index contributed by atoms with van der Waals surface area (Å²) in [6.07, 6.45) is 1.66. The minimum atomic E-state index is -0.239. The van der Waals surface area contributed by atoms with Gasteiger partial charge in [-0.15, -0.1) is 0 Å². The lowest BCUT2D eigenvalue weighted by atomic mass is 10.0. The number of halogens is 2. The molecule has 0 saturated carbocycles. The van der Waals surface area contributed by atoms with Gasteiger partial charge >= 0.3 is 0 Å². The second-order valence-corrected chi connectivity index (χ2v) is 5.56. The Morgan fingerprint density at radius 2 is 2.26 bits per heavy atom. The van der Waals surface area contributed by atoms with E-state index in [1.807, 2.05) is 25.2 Å². The molecule has 0 saturated heterocycles. The van der Waals surface area contributed by atoms with E-state index >= 15 is 0 Å². The molecule has 0 bridgehead atoms. The molecule has 0 radical (unpaired) electrons. The molecular formula is C12H14ClIN4O. The number of benzene rings is 1. The molecule has 19 heavy (non-hydrogen) atoms. The van der Waals surface area contributed by atoms with E-state index in [1.165, 1.54) is 0 Å². The molecule has 7 heteroatoms. The minimum absolute atomic E-state index is 0.239. The van der Waals surface area contributed by atoms with E-state index in [2.05, 4.69) is 33.1 Å². The molecule has 1 aromatic carbocycles. The normalized spacial score (nSPS) is 12.5. The fourth-order valence-electron chi connectivity index (χ4n) is 1.94. The van der Waals surface area contributed by atoms with Crippen LogP contribution in [0.1, 0.15) is 17.3 Å². The molecule has 3 N–H and O–H groups in total. The highest BCUT2D eigenvalue weighted by molar-refractivity contribution is 14.1. The van der Waals surface area contributed by atoms with Crippen LogP contribution >= 0.6 is 34.2 Å². The number of hydrazine groups is 1. The zero-order valence-electron chi connectivity index (χ0n) is 10.5. The van der Waals surface area contributed by atoms with Gasteiger partial charge in [0.05, 0.1) is 24.4 Å². The first-order valence-electron chi connectivity index (χ1n) is 5.55. The molecule has 0 aliphatic heterocycles. The molecule has 1 aromatic heterocycles. The van der Waals surface area contributed by atoms with Gasteiger partial charge < -0.3 is 4.74 Å². The van der Waals surface area contributed by atoms with Crippen LogP contribution in [0.2, 0.25) is 5.02 Å². The van der Waals surface area contributed by atoms with Crippen LogP contribution in [0.25, 0.3) is 0 Å². The number of hydrogen-bond acceptors (Lipinski definition) is 4. The first-order chi connectivity index (χ1) is 9.08. The van der Waals surface area contributed by atoms with Gasteiger partial charge in [0.2, 0.25) is 0 Å². The van der Waals surface area contributed by atoms with Gasteiger partial charge in [0.15, 0.2) is 5.75 Å². The van der Waals surface area contributed by atoms with E-state index in [9.17, 15) is 0 Å². The van der Waals surface area contributed by atoms with Crippen LogP contribution in [0.4, 0.5) is 0 Å². The highest BCUT2D eigenvalue weighted by atomic mass is 127. The predicted octanol–water partition coefficient (Wildman–Crippen LogP) is 2.24. The Morgan fingerprint density at radius 1 is 1.53 bits per heavy atom. The van der Waals surface area contributed by atoms with E-state index < -0.39 is 0 Å². The van der Waals surface area contributed by atoms with Crippen LogP contribution in [-0.4, -0.2) is 16.9 Å². The number of hydrogen-bond donors (Lipinski definition) is 2. The topological polar surface area (TPSA) is 65.1 Å². The van der Waals surface area contributed by atoms with Crippen molar-refractivity contribution in [2.75, 3.05) is 7.11 Å². The third-order valence-corrected chi connectivity index (χ3v) is 4.46. The summed E-state index contributed by atoms with van der Waals surface area (Å²) >= 11 is 8.34. The molecule has 2 rings (SSSR count). The molecule has 0 aliphatic rings. The molecule has 0 fully saturated rings. The number of ether oxygens (including phenoxy) is 1. The SMILES string of the molecule is COc1cnn(C)c1C(NN)c1ccc(I)c(Cl)c1. The predicted molar refractivity (Wildman–Crippen MR) is 83.1 cm³/mol. The average Bonchev–Trinajstić information content (AvgIpc) is 2.76. The lowest BCUT2D eigenvalue weighted by Crippen LogP contribution is -2.30. The Hall–Kier alpha value is -0.830. The second-order valence-electron chi connectivity index (χ2n) is 4.00. The molecule has 1 atom stereocenters. The van der Waals surface area contributed by atoms with Gasteiger partial charge in [0.25, 0.3) is 0 Å². The second kappa shape index (κ2) is 6.08. The number of methoxy groups -OCH3 is 1. The minimum Gasteiger partial charge on any atom is -0.493 e. The first kappa shape index (κ1) is 14.6. The van der Waals surface area contributed by atoms with E-state index in [1.54, 1.807) is 18.0 Å². The molecule has 0 spiro atoms. The van der Waals surface area contributed by atoms with Crippen molar-refractivity contribution in [2.24, 2.45) is 12.9 Å². The summed E-state index contributed by atoms with van der Waals surface area (Å²) in [5, 5.41) is 4.88. The van der Waals surface area contributed by atoms with Crippen LogP contribution in [-0.2, 0) is 7.05 Å². The Morgan fingerprint density at radius 3 is 2.84 bits per heavy atom. The first-order valence-corrected chi connectivity index (χ1v) is 7.01. The summed E-state index contributed by atoms with van der Waals surface area (Å²) < 4.78 is 8.04. The van der Waals surface area contributed by atoms with Crippen LogP contribution in [0.5, 0.6) is 5.75 Å². The summed E-state index contributed by atoms with van der Waals surface area (Å²) in [6, 6.07) is 5.58. The van der Waals surface area contributed by atoms with Gasteiger partial charge in [0, 0.05) is 10.6 Å². The lowest BCUT2D eigenvalue weighted by Gasteiger charge is -2.18. The van der Waals surface area contributed by atoms with Gasteiger partial charge in [-0.3, -0.25) is 10.5 Å². The number of rotatable bonds is 4. The maximum Gasteiger partial charge on any atom is 0.161 e. The zero-order chi connectivity index (χ0) is 14.0. The monoisotopic (exact) mass is 392 g/mol. The number of aromatic nitrogens is 2. The van der Waals surface area contributed by atoms with Crippen molar-refractivity contribution < 1.29 is 4.74 Å². The van der Waals surface area contributed by atoms with Crippen LogP contribution in [0.15, 0.2) is 24.4 Å².